The maximum atomic E-state index is 13.4. The average Bonchev–Trinajstić information content (AvgIpc) is 3.50. The Labute approximate surface area is 190 Å². The van der Waals surface area contributed by atoms with Crippen molar-refractivity contribution in [1.82, 2.24) is 14.4 Å². The first-order valence-electron chi connectivity index (χ1n) is 10.7. The van der Waals surface area contributed by atoms with Crippen molar-refractivity contribution in [2.75, 3.05) is 18.4 Å². The highest BCUT2D eigenvalue weighted by molar-refractivity contribution is 7.89. The molecule has 0 atom stereocenters. The molecule has 4 aromatic rings. The van der Waals surface area contributed by atoms with Gasteiger partial charge in [0.15, 0.2) is 5.76 Å². The molecule has 0 aliphatic carbocycles. The number of aryl methyl sites for hydroxylation is 1. The normalized spacial score (nSPS) is 15.1. The van der Waals surface area contributed by atoms with Gasteiger partial charge in [-0.1, -0.05) is 23.7 Å². The number of pyridine rings is 1. The lowest BCUT2D eigenvalue weighted by molar-refractivity contribution is 0.102. The summed E-state index contributed by atoms with van der Waals surface area (Å²) in [6.45, 7) is 2.66. The standard InChI is InChI=1S/C23H22N4O5S/c1-15-21-16(14-18(19-9-7-13-31-19)25-23(21)32-26-15)22(28)24-17-8-3-4-10-20(17)33(29,30)27-11-5-2-6-12-27/h3-4,7-10,13-14H,2,5-6,11-12H2,1H3,(H,24,28). The summed E-state index contributed by atoms with van der Waals surface area (Å²) in [7, 11) is -3.74. The van der Waals surface area contributed by atoms with Crippen LogP contribution < -0.4 is 5.32 Å². The van der Waals surface area contributed by atoms with Crippen LogP contribution in [0.25, 0.3) is 22.6 Å². The molecule has 10 heteroatoms. The Morgan fingerprint density at radius 3 is 2.64 bits per heavy atom. The molecule has 1 fully saturated rings. The summed E-state index contributed by atoms with van der Waals surface area (Å²) in [5, 5.41) is 7.17. The SMILES string of the molecule is Cc1noc2nc(-c3ccco3)cc(C(=O)Nc3ccccc3S(=O)(=O)N3CCCCC3)c12. The molecule has 0 radical (unpaired) electrons. The van der Waals surface area contributed by atoms with Crippen molar-refractivity contribution in [3.63, 3.8) is 0 Å². The number of nitrogens with one attached hydrogen (secondary N) is 1. The maximum Gasteiger partial charge on any atom is 0.259 e. The minimum absolute atomic E-state index is 0.0684. The number of sulfonamides is 1. The van der Waals surface area contributed by atoms with Gasteiger partial charge in [-0.3, -0.25) is 4.79 Å². The van der Waals surface area contributed by atoms with E-state index in [0.717, 1.165) is 19.3 Å². The number of carbonyl (C=O) groups is 1. The number of amides is 1. The van der Waals surface area contributed by atoms with Crippen LogP contribution in [0.5, 0.6) is 0 Å². The Morgan fingerprint density at radius 2 is 1.88 bits per heavy atom. The topological polar surface area (TPSA) is 119 Å². The molecule has 1 saturated heterocycles. The van der Waals surface area contributed by atoms with Gasteiger partial charge in [-0.15, -0.1) is 0 Å². The molecule has 0 saturated carbocycles. The summed E-state index contributed by atoms with van der Waals surface area (Å²) in [4.78, 5) is 17.9. The summed E-state index contributed by atoms with van der Waals surface area (Å²) >= 11 is 0. The van der Waals surface area contributed by atoms with Gasteiger partial charge in [0.05, 0.1) is 28.6 Å². The van der Waals surface area contributed by atoms with Gasteiger partial charge in [-0.25, -0.2) is 13.4 Å². The van der Waals surface area contributed by atoms with Gasteiger partial charge in [0.2, 0.25) is 10.0 Å². The number of nitrogens with zero attached hydrogens (tertiary/aromatic N) is 3. The van der Waals surface area contributed by atoms with Crippen molar-refractivity contribution >= 4 is 32.7 Å². The third-order valence-electron chi connectivity index (χ3n) is 5.70. The molecule has 1 aliphatic rings. The van der Waals surface area contributed by atoms with Gasteiger partial charge in [-0.2, -0.15) is 4.31 Å². The number of benzene rings is 1. The number of aromatic nitrogens is 2. The molecular weight excluding hydrogens is 444 g/mol. The van der Waals surface area contributed by atoms with Crippen LogP contribution in [-0.4, -0.2) is 41.9 Å². The van der Waals surface area contributed by atoms with E-state index < -0.39 is 15.9 Å². The van der Waals surface area contributed by atoms with E-state index in [2.05, 4.69) is 15.5 Å². The predicted molar refractivity (Wildman–Crippen MR) is 121 cm³/mol. The van der Waals surface area contributed by atoms with E-state index in [1.807, 2.05) is 0 Å². The molecule has 1 aliphatic heterocycles. The Kier molecular flexibility index (Phi) is 5.47. The Morgan fingerprint density at radius 1 is 1.09 bits per heavy atom. The van der Waals surface area contributed by atoms with Crippen LogP contribution in [0.3, 0.4) is 0 Å². The van der Waals surface area contributed by atoms with E-state index in [1.165, 1.54) is 16.6 Å². The summed E-state index contributed by atoms with van der Waals surface area (Å²) in [6, 6.07) is 11.5. The zero-order valence-electron chi connectivity index (χ0n) is 17.9. The number of fused-ring (bicyclic) bond motifs is 1. The lowest BCUT2D eigenvalue weighted by Gasteiger charge is -2.26. The highest BCUT2D eigenvalue weighted by atomic mass is 32.2. The second-order valence-corrected chi connectivity index (χ2v) is 9.80. The number of carbonyl (C=O) groups excluding carboxylic acids is 1. The van der Waals surface area contributed by atoms with Gasteiger partial charge in [0.25, 0.3) is 11.6 Å². The summed E-state index contributed by atoms with van der Waals surface area (Å²) in [5.41, 5.74) is 1.58. The minimum Gasteiger partial charge on any atom is -0.463 e. The molecular formula is C23H22N4O5S. The molecule has 9 nitrogen and oxygen atoms in total. The zero-order chi connectivity index (χ0) is 23.0. The van der Waals surface area contributed by atoms with E-state index >= 15 is 0 Å². The minimum atomic E-state index is -3.74. The van der Waals surface area contributed by atoms with Crippen LogP contribution in [0, 0.1) is 6.92 Å². The van der Waals surface area contributed by atoms with E-state index in [4.69, 9.17) is 8.94 Å². The number of hydrogen-bond acceptors (Lipinski definition) is 7. The summed E-state index contributed by atoms with van der Waals surface area (Å²) in [5.74, 6) is -0.0316. The highest BCUT2D eigenvalue weighted by Crippen LogP contribution is 2.30. The van der Waals surface area contributed by atoms with Gasteiger partial charge < -0.3 is 14.3 Å². The molecule has 5 rings (SSSR count). The zero-order valence-corrected chi connectivity index (χ0v) is 18.8. The fraction of sp³-hybridized carbons (Fsp3) is 0.261. The quantitative estimate of drug-likeness (QED) is 0.468. The highest BCUT2D eigenvalue weighted by Gasteiger charge is 2.29. The molecule has 3 aromatic heterocycles. The van der Waals surface area contributed by atoms with Crippen molar-refractivity contribution in [2.45, 2.75) is 31.1 Å². The molecule has 1 aromatic carbocycles. The van der Waals surface area contributed by atoms with Gasteiger partial charge in [-0.05, 0) is 50.1 Å². The number of rotatable bonds is 5. The van der Waals surface area contributed by atoms with Crippen LogP contribution >= 0.6 is 0 Å². The monoisotopic (exact) mass is 466 g/mol. The van der Waals surface area contributed by atoms with Crippen LogP contribution in [0.4, 0.5) is 5.69 Å². The number of para-hydroxylation sites is 1. The maximum absolute atomic E-state index is 13.4. The van der Waals surface area contributed by atoms with Crippen molar-refractivity contribution in [1.29, 1.82) is 0 Å². The summed E-state index contributed by atoms with van der Waals surface area (Å²) < 4.78 is 38.8. The lowest BCUT2D eigenvalue weighted by atomic mass is 10.1. The Hall–Kier alpha value is -3.50. The van der Waals surface area contributed by atoms with Crippen LogP contribution in [0.2, 0.25) is 0 Å². The first-order valence-corrected chi connectivity index (χ1v) is 12.1. The number of anilines is 1. The number of piperidine rings is 1. The second kappa shape index (κ2) is 8.45. The third kappa shape index (κ3) is 3.91. The Bertz CT molecular complexity index is 1420. The van der Waals surface area contributed by atoms with E-state index in [0.29, 0.717) is 35.6 Å². The first kappa shape index (κ1) is 21.4. The first-order chi connectivity index (χ1) is 15.9. The van der Waals surface area contributed by atoms with Crippen molar-refractivity contribution in [2.24, 2.45) is 0 Å². The van der Waals surface area contributed by atoms with Crippen molar-refractivity contribution in [3.05, 3.63) is 60.0 Å². The van der Waals surface area contributed by atoms with Crippen LogP contribution in [0.15, 0.2) is 62.6 Å². The summed E-state index contributed by atoms with van der Waals surface area (Å²) in [6.07, 6.45) is 4.17. The van der Waals surface area contributed by atoms with Crippen molar-refractivity contribution < 1.29 is 22.2 Å². The van der Waals surface area contributed by atoms with E-state index in [-0.39, 0.29) is 21.9 Å². The molecule has 33 heavy (non-hydrogen) atoms. The second-order valence-electron chi connectivity index (χ2n) is 7.90. The van der Waals surface area contributed by atoms with Crippen LogP contribution in [-0.2, 0) is 10.0 Å². The predicted octanol–water partition coefficient (Wildman–Crippen LogP) is 4.22. The lowest BCUT2D eigenvalue weighted by Crippen LogP contribution is -2.36. The van der Waals surface area contributed by atoms with Crippen LogP contribution in [0.1, 0.15) is 35.3 Å². The molecule has 1 amide bonds. The number of furan rings is 1. The fourth-order valence-electron chi connectivity index (χ4n) is 4.05. The third-order valence-corrected chi connectivity index (χ3v) is 7.66. The molecule has 0 spiro atoms. The largest absolute Gasteiger partial charge is 0.463 e. The fourth-order valence-corrected chi connectivity index (χ4v) is 5.72. The van der Waals surface area contributed by atoms with Gasteiger partial charge in [0, 0.05) is 13.1 Å². The van der Waals surface area contributed by atoms with E-state index in [1.54, 1.807) is 43.3 Å². The van der Waals surface area contributed by atoms with Gasteiger partial charge >= 0.3 is 0 Å². The molecule has 4 heterocycles. The molecule has 0 bridgehead atoms. The van der Waals surface area contributed by atoms with Crippen molar-refractivity contribution in [3.8, 4) is 11.5 Å². The number of hydrogen-bond donors (Lipinski definition) is 1. The van der Waals surface area contributed by atoms with Gasteiger partial charge in [0.1, 0.15) is 10.6 Å². The van der Waals surface area contributed by atoms with E-state index in [9.17, 15) is 13.2 Å². The Balaban J connectivity index is 1.54. The molecule has 0 unspecified atom stereocenters. The smallest absolute Gasteiger partial charge is 0.259 e. The molecule has 170 valence electrons. The molecule has 1 N–H and O–H groups in total. The average molecular weight is 467 g/mol.